The molecule has 1 aromatic carbocycles. The first-order chi connectivity index (χ1) is 9.41. The first-order valence-electron chi connectivity index (χ1n) is 6.29. The molecule has 4 nitrogen and oxygen atoms in total. The minimum Gasteiger partial charge on any atom is -0.461 e. The highest BCUT2D eigenvalue weighted by Gasteiger charge is 2.18. The Balaban J connectivity index is 2.03. The van der Waals surface area contributed by atoms with Gasteiger partial charge in [-0.3, -0.25) is 0 Å². The van der Waals surface area contributed by atoms with Crippen LogP contribution in [-0.4, -0.2) is 12.6 Å². The molecule has 2 N–H and O–H groups in total. The van der Waals surface area contributed by atoms with Crippen LogP contribution in [-0.2, 0) is 4.74 Å². The van der Waals surface area contributed by atoms with Gasteiger partial charge in [-0.2, -0.15) is 5.26 Å². The number of anilines is 1. The number of nitrogens with zero attached hydrogens (tertiary/aromatic N) is 1. The zero-order chi connectivity index (χ0) is 14.8. The molecule has 0 saturated heterocycles. The van der Waals surface area contributed by atoms with E-state index in [2.05, 4.69) is 6.07 Å². The van der Waals surface area contributed by atoms with E-state index in [1.807, 2.05) is 32.0 Å². The maximum atomic E-state index is 11.9. The van der Waals surface area contributed by atoms with Crippen LogP contribution in [0.5, 0.6) is 0 Å². The van der Waals surface area contributed by atoms with E-state index in [9.17, 15) is 4.79 Å². The quantitative estimate of drug-likeness (QED) is 0.689. The first-order valence-corrected chi connectivity index (χ1v) is 7.10. The number of carbonyl (C=O) groups excluding carboxylic acids is 1. The van der Waals surface area contributed by atoms with Gasteiger partial charge >= 0.3 is 5.97 Å². The predicted molar refractivity (Wildman–Crippen MR) is 80.5 cm³/mol. The molecule has 2 rings (SSSR count). The third-order valence-corrected chi connectivity index (χ3v) is 4.10. The smallest absolute Gasteiger partial charge is 0.348 e. The third kappa shape index (κ3) is 3.28. The first kappa shape index (κ1) is 14.4. The number of nitriles is 1. The maximum absolute atomic E-state index is 11.9. The normalized spacial score (nSPS) is 11.2. The van der Waals surface area contributed by atoms with Crippen LogP contribution in [0.2, 0.25) is 0 Å². The second-order valence-corrected chi connectivity index (χ2v) is 6.37. The minimum absolute atomic E-state index is 0.246. The predicted octanol–water partition coefficient (Wildman–Crippen LogP) is 3.58. The van der Waals surface area contributed by atoms with Crippen LogP contribution >= 0.6 is 11.3 Å². The van der Waals surface area contributed by atoms with Gasteiger partial charge in [-0.1, -0.05) is 0 Å². The molecule has 20 heavy (non-hydrogen) atoms. The summed E-state index contributed by atoms with van der Waals surface area (Å²) >= 11 is 1.38. The molecule has 0 atom stereocenters. The van der Waals surface area contributed by atoms with Crippen LogP contribution in [0.3, 0.4) is 0 Å². The summed E-state index contributed by atoms with van der Waals surface area (Å²) in [6.07, 6.45) is 0.521. The van der Waals surface area contributed by atoms with E-state index >= 15 is 0 Å². The average Bonchev–Trinajstić information content (AvgIpc) is 2.81. The molecule has 0 aliphatic carbocycles. The Morgan fingerprint density at radius 1 is 1.45 bits per heavy atom. The Kier molecular flexibility index (Phi) is 3.96. The van der Waals surface area contributed by atoms with Gasteiger partial charge < -0.3 is 10.5 Å². The Bertz CT molecular complexity index is 683. The molecule has 0 amide bonds. The molecule has 0 saturated carbocycles. The van der Waals surface area contributed by atoms with Gasteiger partial charge in [-0.05, 0) is 49.9 Å². The highest BCUT2D eigenvalue weighted by molar-refractivity contribution is 7.20. The number of ether oxygens (including phenoxy) is 1. The largest absolute Gasteiger partial charge is 0.461 e. The summed E-state index contributed by atoms with van der Waals surface area (Å²) in [6.45, 7) is 3.89. The summed E-state index contributed by atoms with van der Waals surface area (Å²) in [4.78, 5) is 12.5. The number of esters is 1. The number of fused-ring (bicyclic) bond motifs is 1. The topological polar surface area (TPSA) is 76.1 Å². The molecule has 0 aliphatic heterocycles. The van der Waals surface area contributed by atoms with Crippen molar-refractivity contribution in [3.8, 4) is 6.07 Å². The van der Waals surface area contributed by atoms with Crippen molar-refractivity contribution in [3.05, 3.63) is 29.1 Å². The second kappa shape index (κ2) is 5.51. The van der Waals surface area contributed by atoms with E-state index in [0.717, 1.165) is 10.1 Å². The zero-order valence-corrected chi connectivity index (χ0v) is 12.3. The van der Waals surface area contributed by atoms with Crippen molar-refractivity contribution in [2.24, 2.45) is 5.41 Å². The van der Waals surface area contributed by atoms with Gasteiger partial charge in [0.25, 0.3) is 0 Å². The molecule has 5 heteroatoms. The van der Waals surface area contributed by atoms with Crippen molar-refractivity contribution in [1.82, 2.24) is 0 Å². The van der Waals surface area contributed by atoms with Crippen molar-refractivity contribution >= 4 is 33.1 Å². The molecule has 2 aromatic rings. The van der Waals surface area contributed by atoms with Crippen LogP contribution in [0.15, 0.2) is 24.3 Å². The number of hydrogen-bond acceptors (Lipinski definition) is 5. The molecule has 0 aliphatic rings. The van der Waals surface area contributed by atoms with Gasteiger partial charge in [-0.25, -0.2) is 4.79 Å². The van der Waals surface area contributed by atoms with E-state index in [-0.39, 0.29) is 12.6 Å². The summed E-state index contributed by atoms with van der Waals surface area (Å²) in [5.74, 6) is -0.349. The molecule has 0 fully saturated rings. The summed E-state index contributed by atoms with van der Waals surface area (Å²) in [7, 11) is 0. The molecular formula is C15H16N2O2S. The SMILES string of the molecule is CC(C)(C#N)CCOC(=O)c1cc2cc(N)ccc2s1. The van der Waals surface area contributed by atoms with Crippen LogP contribution < -0.4 is 5.73 Å². The summed E-state index contributed by atoms with van der Waals surface area (Å²) in [5.41, 5.74) is 5.91. The highest BCUT2D eigenvalue weighted by atomic mass is 32.1. The molecule has 0 radical (unpaired) electrons. The van der Waals surface area contributed by atoms with Crippen LogP contribution in [0.1, 0.15) is 29.9 Å². The molecule has 0 unspecified atom stereocenters. The third-order valence-electron chi connectivity index (χ3n) is 3.00. The van der Waals surface area contributed by atoms with Crippen molar-refractivity contribution in [2.75, 3.05) is 12.3 Å². The molecule has 1 heterocycles. The van der Waals surface area contributed by atoms with Gasteiger partial charge in [0.05, 0.1) is 18.1 Å². The number of carbonyl (C=O) groups is 1. The van der Waals surface area contributed by atoms with E-state index < -0.39 is 5.41 Å². The van der Waals surface area contributed by atoms with E-state index in [1.54, 1.807) is 6.07 Å². The van der Waals surface area contributed by atoms with Crippen LogP contribution in [0.25, 0.3) is 10.1 Å². The van der Waals surface area contributed by atoms with Gasteiger partial charge in [0, 0.05) is 10.4 Å². The fourth-order valence-electron chi connectivity index (χ4n) is 1.69. The minimum atomic E-state index is -0.477. The second-order valence-electron chi connectivity index (χ2n) is 5.29. The highest BCUT2D eigenvalue weighted by Crippen LogP contribution is 2.28. The number of nitrogens with two attached hydrogens (primary N) is 1. The van der Waals surface area contributed by atoms with Crippen LogP contribution in [0.4, 0.5) is 5.69 Å². The van der Waals surface area contributed by atoms with Crippen LogP contribution in [0, 0.1) is 16.7 Å². The van der Waals surface area contributed by atoms with Gasteiger partial charge in [0.2, 0.25) is 0 Å². The monoisotopic (exact) mass is 288 g/mol. The summed E-state index contributed by atoms with van der Waals surface area (Å²) in [6, 6.07) is 9.50. The van der Waals surface area contributed by atoms with E-state index in [4.69, 9.17) is 15.7 Å². The maximum Gasteiger partial charge on any atom is 0.348 e. The lowest BCUT2D eigenvalue weighted by atomic mass is 9.92. The number of nitrogen functional groups attached to an aromatic ring is 1. The van der Waals surface area contributed by atoms with Crippen molar-refractivity contribution in [1.29, 1.82) is 5.26 Å². The lowest BCUT2D eigenvalue weighted by Crippen LogP contribution is -2.14. The summed E-state index contributed by atoms with van der Waals surface area (Å²) in [5, 5.41) is 9.84. The van der Waals surface area contributed by atoms with Crippen molar-refractivity contribution in [3.63, 3.8) is 0 Å². The lowest BCUT2D eigenvalue weighted by Gasteiger charge is -2.14. The van der Waals surface area contributed by atoms with E-state index in [1.165, 1.54) is 11.3 Å². The van der Waals surface area contributed by atoms with E-state index in [0.29, 0.717) is 17.0 Å². The van der Waals surface area contributed by atoms with Crippen molar-refractivity contribution < 1.29 is 9.53 Å². The molecule has 1 aromatic heterocycles. The Morgan fingerprint density at radius 3 is 2.90 bits per heavy atom. The Hall–Kier alpha value is -2.06. The van der Waals surface area contributed by atoms with Crippen molar-refractivity contribution in [2.45, 2.75) is 20.3 Å². The standard InChI is InChI=1S/C15H16N2O2S/c1-15(2,9-16)5-6-19-14(18)13-8-10-7-11(17)3-4-12(10)20-13/h3-4,7-8H,5-6,17H2,1-2H3. The number of thiophene rings is 1. The fourth-order valence-corrected chi connectivity index (χ4v) is 2.63. The zero-order valence-electron chi connectivity index (χ0n) is 11.5. The Labute approximate surface area is 121 Å². The summed E-state index contributed by atoms with van der Waals surface area (Å²) < 4.78 is 6.22. The lowest BCUT2D eigenvalue weighted by molar-refractivity contribution is 0.0481. The fraction of sp³-hybridized carbons (Fsp3) is 0.333. The van der Waals surface area contributed by atoms with Gasteiger partial charge in [0.1, 0.15) is 4.88 Å². The molecule has 104 valence electrons. The number of benzene rings is 1. The van der Waals surface area contributed by atoms with Gasteiger partial charge in [0.15, 0.2) is 0 Å². The van der Waals surface area contributed by atoms with Gasteiger partial charge in [-0.15, -0.1) is 11.3 Å². The average molecular weight is 288 g/mol. The number of hydrogen-bond donors (Lipinski definition) is 1. The number of rotatable bonds is 4. The molecule has 0 bridgehead atoms. The molecule has 0 spiro atoms. The Morgan fingerprint density at radius 2 is 2.20 bits per heavy atom. The molecular weight excluding hydrogens is 272 g/mol.